The van der Waals surface area contributed by atoms with E-state index in [1.54, 1.807) is 61.5 Å². The predicted molar refractivity (Wildman–Crippen MR) is 143 cm³/mol. The molecule has 2 amide bonds. The van der Waals surface area contributed by atoms with Crippen molar-refractivity contribution in [3.05, 3.63) is 94.5 Å². The van der Waals surface area contributed by atoms with Crippen molar-refractivity contribution in [3.63, 3.8) is 0 Å². The Morgan fingerprint density at radius 1 is 0.917 bits per heavy atom. The third-order valence-corrected chi connectivity index (χ3v) is 8.06. The van der Waals surface area contributed by atoms with Crippen LogP contribution in [-0.4, -0.2) is 44.8 Å². The Hall–Kier alpha value is -3.07. The molecule has 1 N–H and O–H groups in total. The maximum absolute atomic E-state index is 13.8. The lowest BCUT2D eigenvalue weighted by atomic mass is 10.1. The quantitative estimate of drug-likeness (QED) is 0.397. The molecule has 0 radical (unpaired) electrons. The lowest BCUT2D eigenvalue weighted by Gasteiger charge is -2.33. The zero-order chi connectivity index (χ0) is 26.3. The highest BCUT2D eigenvalue weighted by Gasteiger charge is 2.33. The summed E-state index contributed by atoms with van der Waals surface area (Å²) in [5.41, 5.74) is 0.904. The molecule has 0 heterocycles. The van der Waals surface area contributed by atoms with Gasteiger partial charge in [0.15, 0.2) is 0 Å². The molecular weight excluding hydrogens is 521 g/mol. The average molecular weight is 548 g/mol. The number of sulfonamides is 1. The fraction of sp³-hybridized carbons (Fsp3) is 0.231. The third kappa shape index (κ3) is 6.37. The van der Waals surface area contributed by atoms with E-state index in [1.165, 1.54) is 36.2 Å². The molecule has 0 fully saturated rings. The Labute approximate surface area is 221 Å². The van der Waals surface area contributed by atoms with Gasteiger partial charge in [0, 0.05) is 23.6 Å². The molecule has 0 bridgehead atoms. The van der Waals surface area contributed by atoms with Crippen LogP contribution < -0.4 is 9.62 Å². The van der Waals surface area contributed by atoms with Crippen LogP contribution in [0.5, 0.6) is 0 Å². The van der Waals surface area contributed by atoms with Gasteiger partial charge < -0.3 is 10.2 Å². The second-order valence-electron chi connectivity index (χ2n) is 7.95. The van der Waals surface area contributed by atoms with Crippen LogP contribution in [0.4, 0.5) is 5.69 Å². The van der Waals surface area contributed by atoms with Crippen LogP contribution in [0.15, 0.2) is 83.8 Å². The number of halogens is 2. The van der Waals surface area contributed by atoms with Gasteiger partial charge >= 0.3 is 0 Å². The van der Waals surface area contributed by atoms with E-state index < -0.39 is 28.5 Å². The second kappa shape index (κ2) is 12.3. The topological polar surface area (TPSA) is 86.8 Å². The van der Waals surface area contributed by atoms with Crippen LogP contribution in [0.25, 0.3) is 0 Å². The molecule has 190 valence electrons. The maximum Gasteiger partial charge on any atom is 0.264 e. The molecule has 0 aliphatic carbocycles. The molecule has 7 nitrogen and oxygen atoms in total. The number of anilines is 1. The first-order valence-corrected chi connectivity index (χ1v) is 13.5. The van der Waals surface area contributed by atoms with Crippen molar-refractivity contribution in [2.24, 2.45) is 0 Å². The molecule has 0 aromatic heterocycles. The third-order valence-electron chi connectivity index (χ3n) is 5.66. The van der Waals surface area contributed by atoms with E-state index in [9.17, 15) is 18.0 Å². The van der Waals surface area contributed by atoms with Crippen molar-refractivity contribution in [2.75, 3.05) is 17.9 Å². The fourth-order valence-corrected chi connectivity index (χ4v) is 5.51. The number of likely N-dealkylation sites (N-methyl/N-ethyl adjacent to an activating group) is 1. The summed E-state index contributed by atoms with van der Waals surface area (Å²) in [6, 6.07) is 20.2. The van der Waals surface area contributed by atoms with Gasteiger partial charge in [0.25, 0.3) is 10.0 Å². The van der Waals surface area contributed by atoms with E-state index in [0.717, 1.165) is 4.31 Å². The molecular formula is C26H27Cl2N3O4S. The number of hydrogen-bond donors (Lipinski definition) is 1. The smallest absolute Gasteiger partial charge is 0.264 e. The van der Waals surface area contributed by atoms with Crippen molar-refractivity contribution in [1.82, 2.24) is 10.2 Å². The van der Waals surface area contributed by atoms with Crippen LogP contribution in [0.1, 0.15) is 18.9 Å². The number of rotatable bonds is 10. The predicted octanol–water partition coefficient (Wildman–Crippen LogP) is 4.74. The van der Waals surface area contributed by atoms with Crippen molar-refractivity contribution < 1.29 is 18.0 Å². The molecule has 0 aliphatic heterocycles. The highest BCUT2D eigenvalue weighted by molar-refractivity contribution is 7.92. The molecule has 3 aromatic rings. The highest BCUT2D eigenvalue weighted by atomic mass is 35.5. The molecule has 0 unspecified atom stereocenters. The Kier molecular flexibility index (Phi) is 9.37. The Balaban J connectivity index is 2.05. The first kappa shape index (κ1) is 27.5. The zero-order valence-corrected chi connectivity index (χ0v) is 22.2. The zero-order valence-electron chi connectivity index (χ0n) is 19.9. The summed E-state index contributed by atoms with van der Waals surface area (Å²) in [7, 11) is -2.63. The van der Waals surface area contributed by atoms with Crippen molar-refractivity contribution in [2.45, 2.75) is 30.8 Å². The number of carbonyl (C=O) groups is 2. The first-order chi connectivity index (χ1) is 17.2. The molecule has 0 aliphatic rings. The van der Waals surface area contributed by atoms with Crippen LogP contribution in [0.3, 0.4) is 0 Å². The summed E-state index contributed by atoms with van der Waals surface area (Å²) < 4.78 is 28.3. The van der Waals surface area contributed by atoms with Crippen LogP contribution >= 0.6 is 23.2 Å². The summed E-state index contributed by atoms with van der Waals surface area (Å²) in [6.45, 7) is 1.28. The Morgan fingerprint density at radius 3 is 2.11 bits per heavy atom. The summed E-state index contributed by atoms with van der Waals surface area (Å²) in [5.74, 6) is -0.915. The van der Waals surface area contributed by atoms with Gasteiger partial charge in [-0.2, -0.15) is 0 Å². The van der Waals surface area contributed by atoms with Crippen molar-refractivity contribution in [3.8, 4) is 0 Å². The Bertz CT molecular complexity index is 1300. The number of benzene rings is 3. The van der Waals surface area contributed by atoms with E-state index in [1.807, 2.05) is 0 Å². The van der Waals surface area contributed by atoms with E-state index in [2.05, 4.69) is 5.32 Å². The van der Waals surface area contributed by atoms with Crippen molar-refractivity contribution >= 4 is 50.7 Å². The normalized spacial score (nSPS) is 12.0. The Morgan fingerprint density at radius 2 is 1.53 bits per heavy atom. The number of amides is 2. The summed E-state index contributed by atoms with van der Waals surface area (Å²) >= 11 is 12.4. The minimum absolute atomic E-state index is 0.0312. The van der Waals surface area contributed by atoms with E-state index >= 15 is 0 Å². The largest absolute Gasteiger partial charge is 0.357 e. The van der Waals surface area contributed by atoms with Crippen LogP contribution in [-0.2, 0) is 26.2 Å². The molecule has 3 aromatic carbocycles. The monoisotopic (exact) mass is 547 g/mol. The first-order valence-electron chi connectivity index (χ1n) is 11.3. The van der Waals surface area contributed by atoms with E-state index in [0.29, 0.717) is 22.0 Å². The molecule has 3 rings (SSSR count). The van der Waals surface area contributed by atoms with Gasteiger partial charge in [0.05, 0.1) is 10.6 Å². The molecule has 10 heteroatoms. The average Bonchev–Trinajstić information content (AvgIpc) is 2.89. The highest BCUT2D eigenvalue weighted by Crippen LogP contribution is 2.26. The number of nitrogens with one attached hydrogen (secondary N) is 1. The van der Waals surface area contributed by atoms with Gasteiger partial charge in [-0.25, -0.2) is 8.42 Å². The maximum atomic E-state index is 13.8. The SMILES string of the molecule is CC[C@@H](C(=O)NC)N(Cc1ccccc1Cl)C(=O)CN(c1ccc(Cl)cc1)S(=O)(=O)c1ccccc1. The number of carbonyl (C=O) groups excluding carboxylic acids is 2. The van der Waals surface area contributed by atoms with E-state index in [4.69, 9.17) is 23.2 Å². The summed E-state index contributed by atoms with van der Waals surface area (Å²) in [6.07, 6.45) is 0.322. The van der Waals surface area contributed by atoms with Gasteiger partial charge in [0.1, 0.15) is 12.6 Å². The molecule has 0 spiro atoms. The van der Waals surface area contributed by atoms with Crippen molar-refractivity contribution in [1.29, 1.82) is 0 Å². The second-order valence-corrected chi connectivity index (χ2v) is 10.7. The fourth-order valence-electron chi connectivity index (χ4n) is 3.75. The summed E-state index contributed by atoms with van der Waals surface area (Å²) in [4.78, 5) is 27.9. The lowest BCUT2D eigenvalue weighted by molar-refractivity contribution is -0.140. The lowest BCUT2D eigenvalue weighted by Crippen LogP contribution is -2.51. The van der Waals surface area contributed by atoms with Crippen LogP contribution in [0, 0.1) is 0 Å². The molecule has 1 atom stereocenters. The van der Waals surface area contributed by atoms with Gasteiger partial charge in [0.2, 0.25) is 11.8 Å². The number of hydrogen-bond acceptors (Lipinski definition) is 4. The van der Waals surface area contributed by atoms with E-state index in [-0.39, 0.29) is 23.0 Å². The standard InChI is InChI=1S/C26H27Cl2N3O4S/c1-3-24(26(33)29-2)30(17-19-9-7-8-12-23(19)28)25(32)18-31(21-15-13-20(27)14-16-21)36(34,35)22-10-5-4-6-11-22/h4-16,24H,3,17-18H2,1-2H3,(H,29,33)/t24-/m0/s1. The molecule has 0 saturated heterocycles. The van der Waals surface area contributed by atoms with Crippen LogP contribution in [0.2, 0.25) is 10.0 Å². The van der Waals surface area contributed by atoms with Gasteiger partial charge in [-0.15, -0.1) is 0 Å². The van der Waals surface area contributed by atoms with Gasteiger partial charge in [-0.05, 0) is 54.4 Å². The van der Waals surface area contributed by atoms with Gasteiger partial charge in [-0.3, -0.25) is 13.9 Å². The molecule has 0 saturated carbocycles. The minimum Gasteiger partial charge on any atom is -0.357 e. The minimum atomic E-state index is -4.12. The van der Waals surface area contributed by atoms with Gasteiger partial charge in [-0.1, -0.05) is 66.5 Å². The summed E-state index contributed by atoms with van der Waals surface area (Å²) in [5, 5.41) is 3.45. The number of nitrogens with zero attached hydrogens (tertiary/aromatic N) is 2. The molecule has 36 heavy (non-hydrogen) atoms.